The molecule has 0 aliphatic carbocycles. The molecule has 1 aliphatic heterocycles. The molecular formula is C14H20N2O4S. The van der Waals surface area contributed by atoms with Gasteiger partial charge in [0.05, 0.1) is 24.2 Å². The van der Waals surface area contributed by atoms with Gasteiger partial charge in [-0.3, -0.25) is 4.79 Å². The summed E-state index contributed by atoms with van der Waals surface area (Å²) in [5.74, 6) is -0.226. The number of ether oxygens (including phenoxy) is 1. The highest BCUT2D eigenvalue weighted by Gasteiger charge is 2.27. The van der Waals surface area contributed by atoms with Gasteiger partial charge in [-0.2, -0.15) is 4.72 Å². The van der Waals surface area contributed by atoms with Crippen LogP contribution in [0.15, 0.2) is 29.2 Å². The number of rotatable bonds is 4. The lowest BCUT2D eigenvalue weighted by atomic mass is 10.2. The molecule has 116 valence electrons. The molecule has 0 spiro atoms. The molecule has 6 nitrogen and oxygen atoms in total. The van der Waals surface area contributed by atoms with Crippen molar-refractivity contribution in [2.75, 3.05) is 26.3 Å². The molecule has 7 heteroatoms. The van der Waals surface area contributed by atoms with Crippen LogP contribution in [0.4, 0.5) is 0 Å². The standard InChI is InChI=1S/C14H20N2O4S/c1-11-5-3-4-6-13(11)21(18,19)15-12(2)14(17)16-7-9-20-10-8-16/h3-6,12,15H,7-10H2,1-2H3/t12-/m0/s1. The first-order chi connectivity index (χ1) is 9.92. The Balaban J connectivity index is 2.09. The van der Waals surface area contributed by atoms with Crippen LogP contribution in [0.1, 0.15) is 12.5 Å². The zero-order valence-corrected chi connectivity index (χ0v) is 13.0. The van der Waals surface area contributed by atoms with Crippen molar-refractivity contribution in [2.24, 2.45) is 0 Å². The minimum absolute atomic E-state index is 0.201. The largest absolute Gasteiger partial charge is 0.378 e. The third kappa shape index (κ3) is 3.81. The van der Waals surface area contributed by atoms with Crippen molar-refractivity contribution < 1.29 is 17.9 Å². The van der Waals surface area contributed by atoms with Gasteiger partial charge in [0, 0.05) is 13.1 Å². The number of nitrogens with one attached hydrogen (secondary N) is 1. The number of aryl methyl sites for hydroxylation is 1. The van der Waals surface area contributed by atoms with E-state index in [1.165, 1.54) is 6.07 Å². The number of carbonyl (C=O) groups excluding carboxylic acids is 1. The van der Waals surface area contributed by atoms with Gasteiger partial charge in [0.15, 0.2) is 0 Å². The SMILES string of the molecule is Cc1ccccc1S(=O)(=O)N[C@@H](C)C(=O)N1CCOCC1. The average molecular weight is 312 g/mol. The molecule has 0 radical (unpaired) electrons. The maximum Gasteiger partial charge on any atom is 0.241 e. The Labute approximate surface area is 125 Å². The van der Waals surface area contributed by atoms with Gasteiger partial charge in [-0.1, -0.05) is 18.2 Å². The first-order valence-corrected chi connectivity index (χ1v) is 8.34. The molecule has 0 unspecified atom stereocenters. The Hall–Kier alpha value is -1.44. The molecule has 1 atom stereocenters. The smallest absolute Gasteiger partial charge is 0.241 e. The molecule has 1 aliphatic rings. The fourth-order valence-electron chi connectivity index (χ4n) is 2.26. The van der Waals surface area contributed by atoms with E-state index in [0.29, 0.717) is 31.9 Å². The zero-order valence-electron chi connectivity index (χ0n) is 12.2. The highest BCUT2D eigenvalue weighted by atomic mass is 32.2. The van der Waals surface area contributed by atoms with Gasteiger partial charge in [0.1, 0.15) is 0 Å². The molecule has 2 rings (SSSR count). The summed E-state index contributed by atoms with van der Waals surface area (Å²) in [4.78, 5) is 14.1. The van der Waals surface area contributed by atoms with Crippen molar-refractivity contribution in [3.63, 3.8) is 0 Å². The zero-order chi connectivity index (χ0) is 15.5. The second-order valence-corrected chi connectivity index (χ2v) is 6.73. The van der Waals surface area contributed by atoms with Gasteiger partial charge < -0.3 is 9.64 Å². The number of hydrogen-bond acceptors (Lipinski definition) is 4. The minimum atomic E-state index is -3.70. The van der Waals surface area contributed by atoms with E-state index in [1.807, 2.05) is 0 Å². The first-order valence-electron chi connectivity index (χ1n) is 6.86. The summed E-state index contributed by atoms with van der Waals surface area (Å²) in [5.41, 5.74) is 0.649. The lowest BCUT2D eigenvalue weighted by Crippen LogP contribution is -2.50. The summed E-state index contributed by atoms with van der Waals surface area (Å²) in [6.45, 7) is 5.26. The predicted octanol–water partition coefficient (Wildman–Crippen LogP) is 0.521. The third-order valence-corrected chi connectivity index (χ3v) is 5.11. The van der Waals surface area contributed by atoms with Crippen molar-refractivity contribution >= 4 is 15.9 Å². The van der Waals surface area contributed by atoms with Gasteiger partial charge in [0.2, 0.25) is 15.9 Å². The number of benzene rings is 1. The molecule has 0 aromatic heterocycles. The molecule has 1 N–H and O–H groups in total. The summed E-state index contributed by atoms with van der Waals surface area (Å²) in [6, 6.07) is 5.90. The maximum absolute atomic E-state index is 12.3. The second kappa shape index (κ2) is 6.55. The first kappa shape index (κ1) is 15.9. The van der Waals surface area contributed by atoms with Crippen molar-refractivity contribution in [1.82, 2.24) is 9.62 Å². The Morgan fingerprint density at radius 2 is 1.90 bits per heavy atom. The fraction of sp³-hybridized carbons (Fsp3) is 0.500. The molecule has 1 aromatic carbocycles. The van der Waals surface area contributed by atoms with E-state index >= 15 is 0 Å². The molecule has 21 heavy (non-hydrogen) atoms. The molecule has 1 amide bonds. The molecule has 0 bridgehead atoms. The van der Waals surface area contributed by atoms with Gasteiger partial charge in [-0.05, 0) is 25.5 Å². The van der Waals surface area contributed by atoms with E-state index in [2.05, 4.69) is 4.72 Å². The van der Waals surface area contributed by atoms with E-state index in [9.17, 15) is 13.2 Å². The summed E-state index contributed by atoms with van der Waals surface area (Å²) >= 11 is 0. The molecule has 1 saturated heterocycles. The number of sulfonamides is 1. The van der Waals surface area contributed by atoms with Crippen LogP contribution < -0.4 is 4.72 Å². The summed E-state index contributed by atoms with van der Waals surface area (Å²) in [6.07, 6.45) is 0. The molecule has 1 heterocycles. The van der Waals surface area contributed by atoms with Crippen molar-refractivity contribution in [2.45, 2.75) is 24.8 Å². The maximum atomic E-state index is 12.3. The van der Waals surface area contributed by atoms with Gasteiger partial charge in [-0.25, -0.2) is 8.42 Å². The summed E-state index contributed by atoms with van der Waals surface area (Å²) in [7, 11) is -3.70. The lowest BCUT2D eigenvalue weighted by molar-refractivity contribution is -0.136. The number of nitrogens with zero attached hydrogens (tertiary/aromatic N) is 1. The van der Waals surface area contributed by atoms with Crippen LogP contribution in [0.3, 0.4) is 0 Å². The van der Waals surface area contributed by atoms with Crippen LogP contribution in [0.25, 0.3) is 0 Å². The lowest BCUT2D eigenvalue weighted by Gasteiger charge is -2.29. The van der Waals surface area contributed by atoms with Crippen LogP contribution in [-0.2, 0) is 19.6 Å². The summed E-state index contributed by atoms with van der Waals surface area (Å²) in [5, 5.41) is 0. The Morgan fingerprint density at radius 1 is 1.29 bits per heavy atom. The monoisotopic (exact) mass is 312 g/mol. The highest BCUT2D eigenvalue weighted by molar-refractivity contribution is 7.89. The summed E-state index contributed by atoms with van der Waals surface area (Å²) < 4.78 is 32.3. The fourth-order valence-corrected chi connectivity index (χ4v) is 3.71. The van der Waals surface area contributed by atoms with Gasteiger partial charge >= 0.3 is 0 Å². The predicted molar refractivity (Wildman–Crippen MR) is 78.4 cm³/mol. The van der Waals surface area contributed by atoms with Gasteiger partial charge in [-0.15, -0.1) is 0 Å². The topological polar surface area (TPSA) is 75.7 Å². The molecule has 0 saturated carbocycles. The van der Waals surface area contributed by atoms with Crippen molar-refractivity contribution in [3.05, 3.63) is 29.8 Å². The number of hydrogen-bond donors (Lipinski definition) is 1. The van der Waals surface area contributed by atoms with E-state index in [-0.39, 0.29) is 10.8 Å². The quantitative estimate of drug-likeness (QED) is 0.879. The van der Waals surface area contributed by atoms with Crippen LogP contribution >= 0.6 is 0 Å². The van der Waals surface area contributed by atoms with E-state index in [1.54, 1.807) is 36.9 Å². The number of carbonyl (C=O) groups is 1. The highest BCUT2D eigenvalue weighted by Crippen LogP contribution is 2.14. The molecule has 1 fully saturated rings. The van der Waals surface area contributed by atoms with E-state index < -0.39 is 16.1 Å². The number of amides is 1. The normalized spacial score (nSPS) is 17.5. The minimum Gasteiger partial charge on any atom is -0.378 e. The van der Waals surface area contributed by atoms with Crippen LogP contribution in [-0.4, -0.2) is 51.6 Å². The van der Waals surface area contributed by atoms with Crippen LogP contribution in [0, 0.1) is 6.92 Å². The Kier molecular flexibility index (Phi) is 4.97. The molecular weight excluding hydrogens is 292 g/mol. The Bertz CT molecular complexity index is 609. The average Bonchev–Trinajstić information content (AvgIpc) is 2.47. The van der Waals surface area contributed by atoms with Crippen LogP contribution in [0.2, 0.25) is 0 Å². The van der Waals surface area contributed by atoms with E-state index in [4.69, 9.17) is 4.74 Å². The van der Waals surface area contributed by atoms with Crippen molar-refractivity contribution in [3.8, 4) is 0 Å². The van der Waals surface area contributed by atoms with Crippen molar-refractivity contribution in [1.29, 1.82) is 0 Å². The van der Waals surface area contributed by atoms with Gasteiger partial charge in [0.25, 0.3) is 0 Å². The van der Waals surface area contributed by atoms with E-state index in [0.717, 1.165) is 0 Å². The second-order valence-electron chi connectivity index (χ2n) is 5.05. The Morgan fingerprint density at radius 3 is 2.52 bits per heavy atom. The number of morpholine rings is 1. The molecule has 1 aromatic rings. The third-order valence-electron chi connectivity index (χ3n) is 3.41. The van der Waals surface area contributed by atoms with Crippen LogP contribution in [0.5, 0.6) is 0 Å².